The monoisotopic (exact) mass is 390 g/mol. The molecule has 1 heterocycles. The Hall–Kier alpha value is -3.54. The number of rotatable bonds is 0. The lowest BCUT2D eigenvalue weighted by Gasteiger charge is -2.40. The van der Waals surface area contributed by atoms with Gasteiger partial charge in [-0.3, -0.25) is 0 Å². The van der Waals surface area contributed by atoms with E-state index >= 15 is 0 Å². The van der Waals surface area contributed by atoms with Crippen LogP contribution < -0.4 is 5.32 Å². The summed E-state index contributed by atoms with van der Waals surface area (Å²) in [4.78, 5) is 0. The van der Waals surface area contributed by atoms with E-state index < -0.39 is 5.41 Å². The molecule has 0 saturated carbocycles. The first-order valence-corrected chi connectivity index (χ1v) is 9.92. The van der Waals surface area contributed by atoms with Crippen molar-refractivity contribution in [3.63, 3.8) is 0 Å². The van der Waals surface area contributed by atoms with Crippen molar-refractivity contribution in [2.75, 3.05) is 5.32 Å². The molecule has 2 nitrogen and oxygen atoms in total. The highest BCUT2D eigenvalue weighted by molar-refractivity contribution is 6.30. The second-order valence-corrected chi connectivity index (χ2v) is 7.96. The Morgan fingerprint density at radius 2 is 1.28 bits per heavy atom. The lowest BCUT2D eigenvalue weighted by Crippen LogP contribution is -2.33. The van der Waals surface area contributed by atoms with Crippen LogP contribution in [-0.2, 0) is 5.41 Å². The number of anilines is 2. The number of para-hydroxylation sites is 2. The third kappa shape index (κ3) is 2.00. The van der Waals surface area contributed by atoms with Gasteiger partial charge in [0, 0.05) is 16.4 Å². The van der Waals surface area contributed by atoms with Gasteiger partial charge in [0.05, 0.1) is 17.0 Å². The van der Waals surface area contributed by atoms with Gasteiger partial charge in [0.15, 0.2) is 0 Å². The number of hydrogen-bond donors (Lipinski definition) is 1. The quantitative estimate of drug-likeness (QED) is 0.316. The summed E-state index contributed by atoms with van der Waals surface area (Å²) < 4.78 is 0. The van der Waals surface area contributed by atoms with Gasteiger partial charge in [-0.05, 0) is 69.8 Å². The summed E-state index contributed by atoms with van der Waals surface area (Å²) in [7, 11) is 0. The minimum absolute atomic E-state index is 0.513. The minimum atomic E-state index is -0.513. The van der Waals surface area contributed by atoms with Gasteiger partial charge in [-0.2, -0.15) is 5.26 Å². The first-order valence-electron chi connectivity index (χ1n) is 9.54. The molecule has 3 heteroatoms. The molecule has 2 aliphatic rings. The van der Waals surface area contributed by atoms with Crippen molar-refractivity contribution < 1.29 is 0 Å². The highest BCUT2D eigenvalue weighted by Crippen LogP contribution is 2.61. The Labute approximate surface area is 174 Å². The van der Waals surface area contributed by atoms with Crippen molar-refractivity contribution in [3.05, 3.63) is 118 Å². The number of hydrogen-bond acceptors (Lipinski definition) is 2. The Bertz CT molecular complexity index is 1320. The maximum absolute atomic E-state index is 9.62. The summed E-state index contributed by atoms with van der Waals surface area (Å²) >= 11 is 6.51. The molecule has 0 aromatic heterocycles. The van der Waals surface area contributed by atoms with Gasteiger partial charge in [-0.25, -0.2) is 0 Å². The summed E-state index contributed by atoms with van der Waals surface area (Å²) in [5.41, 5.74) is 9.28. The summed E-state index contributed by atoms with van der Waals surface area (Å²) in [5.74, 6) is 0. The first-order chi connectivity index (χ1) is 14.2. The van der Waals surface area contributed by atoms with E-state index in [-0.39, 0.29) is 0 Å². The van der Waals surface area contributed by atoms with Crippen LogP contribution in [-0.4, -0.2) is 0 Å². The minimum Gasteiger partial charge on any atom is -0.355 e. The normalized spacial score (nSPS) is 14.2. The molecule has 1 spiro atoms. The highest BCUT2D eigenvalue weighted by atomic mass is 35.5. The van der Waals surface area contributed by atoms with Crippen molar-refractivity contribution in [1.82, 2.24) is 0 Å². The van der Waals surface area contributed by atoms with Crippen molar-refractivity contribution in [1.29, 1.82) is 5.26 Å². The summed E-state index contributed by atoms with van der Waals surface area (Å²) in [6.07, 6.45) is 0. The van der Waals surface area contributed by atoms with E-state index in [9.17, 15) is 5.26 Å². The number of fused-ring (bicyclic) bond motifs is 9. The van der Waals surface area contributed by atoms with E-state index in [1.165, 1.54) is 16.7 Å². The smallest absolute Gasteiger partial charge is 0.0991 e. The second kappa shape index (κ2) is 5.73. The molecule has 29 heavy (non-hydrogen) atoms. The number of nitriles is 1. The Kier molecular flexibility index (Phi) is 3.25. The molecule has 136 valence electrons. The van der Waals surface area contributed by atoms with E-state index in [4.69, 9.17) is 11.6 Å². The van der Waals surface area contributed by atoms with Crippen LogP contribution in [0.5, 0.6) is 0 Å². The predicted molar refractivity (Wildman–Crippen MR) is 117 cm³/mol. The third-order valence-corrected chi connectivity index (χ3v) is 6.40. The molecule has 0 unspecified atom stereocenters. The van der Waals surface area contributed by atoms with Crippen LogP contribution in [0.4, 0.5) is 11.4 Å². The third-order valence-electron chi connectivity index (χ3n) is 6.16. The maximum atomic E-state index is 9.62. The lowest BCUT2D eigenvalue weighted by atomic mass is 9.65. The van der Waals surface area contributed by atoms with E-state index in [0.29, 0.717) is 10.6 Å². The molecule has 0 atom stereocenters. The molecule has 1 aliphatic carbocycles. The molecule has 0 fully saturated rings. The van der Waals surface area contributed by atoms with Crippen molar-refractivity contribution in [3.8, 4) is 17.2 Å². The molecular formula is C26H15ClN2. The van der Waals surface area contributed by atoms with Crippen LogP contribution in [0.3, 0.4) is 0 Å². The van der Waals surface area contributed by atoms with E-state index in [2.05, 4.69) is 66.0 Å². The number of nitrogens with one attached hydrogen (secondary N) is 1. The maximum Gasteiger partial charge on any atom is 0.0991 e. The molecule has 4 aromatic carbocycles. The molecular weight excluding hydrogens is 376 g/mol. The summed E-state index contributed by atoms with van der Waals surface area (Å²) in [5, 5.41) is 13.9. The second-order valence-electron chi connectivity index (χ2n) is 7.53. The van der Waals surface area contributed by atoms with Crippen molar-refractivity contribution >= 4 is 23.0 Å². The van der Waals surface area contributed by atoms with E-state index in [1.54, 1.807) is 0 Å². The average Bonchev–Trinajstić information content (AvgIpc) is 3.03. The fourth-order valence-electron chi connectivity index (χ4n) is 5.07. The first kappa shape index (κ1) is 16.4. The van der Waals surface area contributed by atoms with Crippen LogP contribution in [0.25, 0.3) is 11.1 Å². The topological polar surface area (TPSA) is 35.8 Å². The molecule has 0 saturated heterocycles. The van der Waals surface area contributed by atoms with E-state index in [0.717, 1.165) is 28.1 Å². The van der Waals surface area contributed by atoms with Gasteiger partial charge >= 0.3 is 0 Å². The van der Waals surface area contributed by atoms with Gasteiger partial charge in [-0.1, -0.05) is 60.1 Å². The summed E-state index contributed by atoms with van der Waals surface area (Å²) in [6.45, 7) is 0. The zero-order valence-corrected chi connectivity index (χ0v) is 16.2. The molecule has 4 aromatic rings. The number of nitrogens with zero attached hydrogens (tertiary/aromatic N) is 1. The largest absolute Gasteiger partial charge is 0.355 e. The van der Waals surface area contributed by atoms with Gasteiger partial charge < -0.3 is 5.32 Å². The van der Waals surface area contributed by atoms with Crippen LogP contribution in [0.2, 0.25) is 5.02 Å². The zero-order valence-electron chi connectivity index (χ0n) is 15.4. The Morgan fingerprint density at radius 1 is 0.690 bits per heavy atom. The van der Waals surface area contributed by atoms with Crippen LogP contribution in [0.15, 0.2) is 84.9 Å². The fourth-order valence-corrected chi connectivity index (χ4v) is 5.25. The van der Waals surface area contributed by atoms with Crippen LogP contribution in [0.1, 0.15) is 27.8 Å². The van der Waals surface area contributed by atoms with Crippen molar-refractivity contribution in [2.45, 2.75) is 5.41 Å². The fraction of sp³-hybridized carbons (Fsp3) is 0.0385. The summed E-state index contributed by atoms with van der Waals surface area (Å²) in [6, 6.07) is 31.3. The van der Waals surface area contributed by atoms with Gasteiger partial charge in [-0.15, -0.1) is 0 Å². The van der Waals surface area contributed by atoms with Gasteiger partial charge in [0.1, 0.15) is 0 Å². The predicted octanol–water partition coefficient (Wildman–Crippen LogP) is 6.63. The molecule has 0 amide bonds. The van der Waals surface area contributed by atoms with E-state index in [1.807, 2.05) is 30.3 Å². The van der Waals surface area contributed by atoms with Crippen LogP contribution in [0, 0.1) is 11.3 Å². The molecule has 1 N–H and O–H groups in total. The average molecular weight is 391 g/mol. The molecule has 0 radical (unpaired) electrons. The highest BCUT2D eigenvalue weighted by Gasteiger charge is 2.50. The number of benzene rings is 4. The SMILES string of the molecule is N#Cc1ccc2c(c1)C1(c3ccccc3Nc3ccccc31)c1cc(Cl)ccc1-2. The van der Waals surface area contributed by atoms with Gasteiger partial charge in [0.2, 0.25) is 0 Å². The lowest BCUT2D eigenvalue weighted by molar-refractivity contribution is 0.763. The molecule has 0 bridgehead atoms. The van der Waals surface area contributed by atoms with Crippen molar-refractivity contribution in [2.24, 2.45) is 0 Å². The molecule has 1 aliphatic heterocycles. The molecule has 6 rings (SSSR count). The Balaban J connectivity index is 1.86. The standard InChI is InChI=1S/C26H15ClN2/c27-17-10-12-19-18-11-9-16(15-28)13-22(18)26(23(19)14-17)20-5-1-3-7-24(20)29-25-8-4-2-6-21(25)26/h1-14,29H. The Morgan fingerprint density at radius 3 is 1.93 bits per heavy atom. The zero-order chi connectivity index (χ0) is 19.6. The van der Waals surface area contributed by atoms with Crippen LogP contribution >= 0.6 is 11.6 Å². The van der Waals surface area contributed by atoms with Gasteiger partial charge in [0.25, 0.3) is 0 Å². The number of halogens is 1.